The molecule has 1 aromatic carbocycles. The van der Waals surface area contributed by atoms with Crippen LogP contribution in [0.2, 0.25) is 0 Å². The monoisotopic (exact) mass is 351 g/mol. The van der Waals surface area contributed by atoms with Gasteiger partial charge in [-0.15, -0.1) is 0 Å². The van der Waals surface area contributed by atoms with Crippen LogP contribution >= 0.6 is 0 Å². The normalized spacial score (nSPS) is 21.2. The minimum atomic E-state index is -2.57. The van der Waals surface area contributed by atoms with Crippen molar-refractivity contribution in [1.29, 1.82) is 0 Å². The van der Waals surface area contributed by atoms with Gasteiger partial charge in [-0.1, -0.05) is 6.92 Å². The number of halogens is 2. The van der Waals surface area contributed by atoms with Crippen LogP contribution in [0.15, 0.2) is 18.2 Å². The Bertz CT molecular complexity index is 605. The molecule has 2 fully saturated rings. The Kier molecular flexibility index (Phi) is 5.57. The summed E-state index contributed by atoms with van der Waals surface area (Å²) in [4.78, 5) is 14.9. The lowest BCUT2D eigenvalue weighted by Crippen LogP contribution is -2.43. The third kappa shape index (κ3) is 4.69. The quantitative estimate of drug-likeness (QED) is 0.877. The van der Waals surface area contributed by atoms with Gasteiger partial charge in [0.1, 0.15) is 0 Å². The van der Waals surface area contributed by atoms with E-state index in [9.17, 15) is 13.6 Å². The zero-order valence-corrected chi connectivity index (χ0v) is 14.8. The predicted molar refractivity (Wildman–Crippen MR) is 95.6 cm³/mol. The van der Waals surface area contributed by atoms with Gasteiger partial charge in [0.05, 0.1) is 0 Å². The van der Waals surface area contributed by atoms with Crippen LogP contribution in [0.4, 0.5) is 14.5 Å². The van der Waals surface area contributed by atoms with Gasteiger partial charge >= 0.3 is 0 Å². The van der Waals surface area contributed by atoms with Crippen molar-refractivity contribution in [1.82, 2.24) is 10.6 Å². The van der Waals surface area contributed by atoms with Gasteiger partial charge in [0.15, 0.2) is 0 Å². The van der Waals surface area contributed by atoms with E-state index in [0.717, 1.165) is 43.9 Å². The Balaban J connectivity index is 1.71. The van der Waals surface area contributed by atoms with Gasteiger partial charge in [-0.25, -0.2) is 8.78 Å². The van der Waals surface area contributed by atoms with E-state index in [4.69, 9.17) is 0 Å². The number of nitrogens with zero attached hydrogens (tertiary/aromatic N) is 1. The molecule has 1 amide bonds. The van der Waals surface area contributed by atoms with E-state index in [1.165, 1.54) is 0 Å². The molecule has 2 aliphatic rings. The SMILES string of the molecule is CCc1cc(C(=O)NC2CCC(F)(F)CC2)cc(N2CCNCC2)c1. The molecule has 6 heteroatoms. The molecule has 2 N–H and O–H groups in total. The first-order chi connectivity index (χ1) is 12.0. The van der Waals surface area contributed by atoms with Crippen LogP contribution in [0.5, 0.6) is 0 Å². The predicted octanol–water partition coefficient (Wildman–Crippen LogP) is 2.97. The van der Waals surface area contributed by atoms with Crippen LogP contribution < -0.4 is 15.5 Å². The number of anilines is 1. The van der Waals surface area contributed by atoms with E-state index in [-0.39, 0.29) is 24.8 Å². The summed E-state index contributed by atoms with van der Waals surface area (Å²) in [6, 6.07) is 5.83. The number of aryl methyl sites for hydroxylation is 1. The number of nitrogens with one attached hydrogen (secondary N) is 2. The summed E-state index contributed by atoms with van der Waals surface area (Å²) >= 11 is 0. The largest absolute Gasteiger partial charge is 0.369 e. The fourth-order valence-electron chi connectivity index (χ4n) is 3.57. The van der Waals surface area contributed by atoms with Crippen LogP contribution in [-0.4, -0.2) is 44.1 Å². The molecule has 25 heavy (non-hydrogen) atoms. The van der Waals surface area contributed by atoms with Gasteiger partial charge in [-0.05, 0) is 43.0 Å². The Labute approximate surface area is 148 Å². The highest BCUT2D eigenvalue weighted by Gasteiger charge is 2.35. The highest BCUT2D eigenvalue weighted by atomic mass is 19.3. The zero-order valence-electron chi connectivity index (χ0n) is 14.8. The Morgan fingerprint density at radius 2 is 1.92 bits per heavy atom. The molecule has 138 valence electrons. The van der Waals surface area contributed by atoms with E-state index >= 15 is 0 Å². The summed E-state index contributed by atoms with van der Waals surface area (Å²) in [7, 11) is 0. The molecule has 1 heterocycles. The molecule has 0 aromatic heterocycles. The first-order valence-corrected chi connectivity index (χ1v) is 9.25. The second-order valence-corrected chi connectivity index (χ2v) is 7.08. The molecule has 1 aliphatic carbocycles. The Hall–Kier alpha value is -1.69. The molecular weight excluding hydrogens is 324 g/mol. The summed E-state index contributed by atoms with van der Waals surface area (Å²) in [5, 5.41) is 6.28. The molecule has 1 saturated carbocycles. The van der Waals surface area contributed by atoms with Crippen molar-refractivity contribution in [2.45, 2.75) is 51.0 Å². The molecule has 1 saturated heterocycles. The van der Waals surface area contributed by atoms with Gasteiger partial charge in [0, 0.05) is 56.3 Å². The average molecular weight is 351 g/mol. The number of hydrogen-bond donors (Lipinski definition) is 2. The van der Waals surface area contributed by atoms with E-state index in [1.807, 2.05) is 12.1 Å². The molecule has 4 nitrogen and oxygen atoms in total. The van der Waals surface area contributed by atoms with Gasteiger partial charge in [0.25, 0.3) is 5.91 Å². The van der Waals surface area contributed by atoms with Gasteiger partial charge < -0.3 is 15.5 Å². The fourth-order valence-corrected chi connectivity index (χ4v) is 3.57. The highest BCUT2D eigenvalue weighted by Crippen LogP contribution is 2.33. The topological polar surface area (TPSA) is 44.4 Å². The van der Waals surface area contributed by atoms with Crippen LogP contribution in [-0.2, 0) is 6.42 Å². The molecule has 0 radical (unpaired) electrons. The van der Waals surface area contributed by atoms with E-state index in [1.54, 1.807) is 0 Å². The lowest BCUT2D eigenvalue weighted by atomic mass is 9.92. The number of carbonyl (C=O) groups excluding carboxylic acids is 1. The third-order valence-electron chi connectivity index (χ3n) is 5.18. The first kappa shape index (κ1) is 18.1. The summed E-state index contributed by atoms with van der Waals surface area (Å²) in [6.07, 6.45) is 1.27. The van der Waals surface area contributed by atoms with Crippen LogP contribution in [0.25, 0.3) is 0 Å². The molecule has 0 unspecified atom stereocenters. The van der Waals surface area contributed by atoms with Crippen LogP contribution in [0.1, 0.15) is 48.5 Å². The highest BCUT2D eigenvalue weighted by molar-refractivity contribution is 5.95. The first-order valence-electron chi connectivity index (χ1n) is 9.25. The van der Waals surface area contributed by atoms with Crippen molar-refractivity contribution in [3.63, 3.8) is 0 Å². The lowest BCUT2D eigenvalue weighted by Gasteiger charge is -2.31. The van der Waals surface area contributed by atoms with Crippen molar-refractivity contribution >= 4 is 11.6 Å². The second-order valence-electron chi connectivity index (χ2n) is 7.08. The number of alkyl halides is 2. The number of benzene rings is 1. The maximum absolute atomic E-state index is 13.3. The molecule has 0 atom stereocenters. The van der Waals surface area contributed by atoms with Crippen LogP contribution in [0.3, 0.4) is 0 Å². The fraction of sp³-hybridized carbons (Fsp3) is 0.632. The third-order valence-corrected chi connectivity index (χ3v) is 5.18. The molecule has 3 rings (SSSR count). The number of carbonyl (C=O) groups is 1. The maximum atomic E-state index is 13.3. The molecule has 1 aliphatic heterocycles. The number of hydrogen-bond acceptors (Lipinski definition) is 3. The van der Waals surface area contributed by atoms with E-state index in [2.05, 4.69) is 28.5 Å². The minimum Gasteiger partial charge on any atom is -0.369 e. The van der Waals surface area contributed by atoms with Crippen molar-refractivity contribution in [3.8, 4) is 0 Å². The minimum absolute atomic E-state index is 0.140. The maximum Gasteiger partial charge on any atom is 0.251 e. The van der Waals surface area contributed by atoms with Crippen molar-refractivity contribution < 1.29 is 13.6 Å². The molecule has 0 bridgehead atoms. The standard InChI is InChI=1S/C19H27F2N3O/c1-2-14-11-15(13-17(12-14)24-9-7-22-8-10-24)18(25)23-16-3-5-19(20,21)6-4-16/h11-13,16,22H,2-10H2,1H3,(H,23,25). The van der Waals surface area contributed by atoms with E-state index < -0.39 is 5.92 Å². The summed E-state index contributed by atoms with van der Waals surface area (Å²) in [5.41, 5.74) is 2.82. The van der Waals surface area contributed by atoms with Gasteiger partial charge in [0.2, 0.25) is 5.92 Å². The Morgan fingerprint density at radius 3 is 2.56 bits per heavy atom. The number of amides is 1. The molecular formula is C19H27F2N3O. The second kappa shape index (κ2) is 7.68. The number of rotatable bonds is 4. The van der Waals surface area contributed by atoms with Gasteiger partial charge in [-0.2, -0.15) is 0 Å². The van der Waals surface area contributed by atoms with Crippen molar-refractivity contribution in [2.75, 3.05) is 31.1 Å². The van der Waals surface area contributed by atoms with Crippen molar-refractivity contribution in [2.24, 2.45) is 0 Å². The summed E-state index contributed by atoms with van der Waals surface area (Å²) in [5.74, 6) is -2.72. The zero-order chi connectivity index (χ0) is 17.9. The smallest absolute Gasteiger partial charge is 0.251 e. The van der Waals surface area contributed by atoms with Gasteiger partial charge in [-0.3, -0.25) is 4.79 Å². The number of piperazine rings is 1. The van der Waals surface area contributed by atoms with E-state index in [0.29, 0.717) is 18.4 Å². The summed E-state index contributed by atoms with van der Waals surface area (Å²) < 4.78 is 26.5. The summed E-state index contributed by atoms with van der Waals surface area (Å²) in [6.45, 7) is 5.79. The van der Waals surface area contributed by atoms with Crippen molar-refractivity contribution in [3.05, 3.63) is 29.3 Å². The van der Waals surface area contributed by atoms with Crippen LogP contribution in [0, 0.1) is 0 Å². The lowest BCUT2D eigenvalue weighted by molar-refractivity contribution is -0.0399. The molecule has 0 spiro atoms. The molecule has 1 aromatic rings. The Morgan fingerprint density at radius 1 is 1.24 bits per heavy atom. The average Bonchev–Trinajstić information content (AvgIpc) is 2.63.